The summed E-state index contributed by atoms with van der Waals surface area (Å²) < 4.78 is 5.53. The number of rotatable bonds is 2. The molecule has 4 rings (SSSR count). The first-order valence-corrected chi connectivity index (χ1v) is 11.1. The van der Waals surface area contributed by atoms with Gasteiger partial charge in [-0.15, -0.1) is 0 Å². The average molecular weight is 386 g/mol. The highest BCUT2D eigenvalue weighted by Gasteiger charge is 2.61. The standard InChI is InChI=1S/C24H35NO3/c1-15(26)28-17-9-11-22(2)16(13-17)5-6-18-19-7-8-21(24(4,27)14-25)23(19,3)12-10-20(18)22/h5,17-21,27H,6-13H2,1-4H3/t17-,18?,19?,20?,21-,22-,23-,24?/m0/s1. The molecule has 0 aromatic carbocycles. The highest BCUT2D eigenvalue weighted by Crippen LogP contribution is 2.67. The average Bonchev–Trinajstić information content (AvgIpc) is 2.99. The van der Waals surface area contributed by atoms with Crippen LogP contribution in [0.3, 0.4) is 0 Å². The minimum absolute atomic E-state index is 0.0452. The van der Waals surface area contributed by atoms with Gasteiger partial charge < -0.3 is 9.84 Å². The van der Waals surface area contributed by atoms with Crippen LogP contribution in [0.25, 0.3) is 0 Å². The van der Waals surface area contributed by atoms with Crippen LogP contribution in [0.15, 0.2) is 11.6 Å². The van der Waals surface area contributed by atoms with Gasteiger partial charge in [0.15, 0.2) is 5.60 Å². The number of hydrogen-bond acceptors (Lipinski definition) is 4. The predicted octanol–water partition coefficient (Wildman–Crippen LogP) is 4.77. The maximum atomic E-state index is 11.4. The Morgan fingerprint density at radius 1 is 1.25 bits per heavy atom. The fourth-order valence-electron chi connectivity index (χ4n) is 7.96. The molecule has 4 aliphatic carbocycles. The molecule has 3 fully saturated rings. The van der Waals surface area contributed by atoms with Crippen LogP contribution < -0.4 is 0 Å². The first kappa shape index (κ1) is 20.0. The van der Waals surface area contributed by atoms with E-state index in [9.17, 15) is 15.2 Å². The molecule has 8 atom stereocenters. The number of nitrogens with zero attached hydrogens (tertiary/aromatic N) is 1. The smallest absolute Gasteiger partial charge is 0.302 e. The Hall–Kier alpha value is -1.34. The van der Waals surface area contributed by atoms with Gasteiger partial charge in [-0.3, -0.25) is 4.79 Å². The second-order valence-corrected chi connectivity index (χ2v) is 10.7. The minimum atomic E-state index is -1.22. The molecule has 4 heteroatoms. The fourth-order valence-corrected chi connectivity index (χ4v) is 7.96. The van der Waals surface area contributed by atoms with Crippen LogP contribution in [-0.4, -0.2) is 22.8 Å². The van der Waals surface area contributed by atoms with E-state index in [1.807, 2.05) is 0 Å². The van der Waals surface area contributed by atoms with Crippen LogP contribution in [0.4, 0.5) is 0 Å². The number of fused-ring (bicyclic) bond motifs is 5. The molecule has 4 aliphatic rings. The quantitative estimate of drug-likeness (QED) is 0.422. The summed E-state index contributed by atoms with van der Waals surface area (Å²) in [4.78, 5) is 11.4. The molecule has 0 amide bonds. The topological polar surface area (TPSA) is 70.3 Å². The molecule has 0 aromatic rings. The molecular weight excluding hydrogens is 350 g/mol. The van der Waals surface area contributed by atoms with Crippen LogP contribution in [0.1, 0.15) is 79.1 Å². The van der Waals surface area contributed by atoms with E-state index < -0.39 is 5.60 Å². The SMILES string of the molecule is CC(=O)O[C@H]1CC[C@@]2(C)C(=CCC3C2CC[C@@]2(C)C3CC[C@@H]2C(C)(O)C#N)C1. The van der Waals surface area contributed by atoms with Crippen LogP contribution >= 0.6 is 0 Å². The zero-order valence-electron chi connectivity index (χ0n) is 17.8. The van der Waals surface area contributed by atoms with Crippen LogP contribution in [-0.2, 0) is 9.53 Å². The number of aliphatic hydroxyl groups is 1. The Balaban J connectivity index is 1.59. The van der Waals surface area contributed by atoms with Gasteiger partial charge >= 0.3 is 5.97 Å². The molecule has 28 heavy (non-hydrogen) atoms. The second-order valence-electron chi connectivity index (χ2n) is 10.7. The predicted molar refractivity (Wildman–Crippen MR) is 107 cm³/mol. The van der Waals surface area contributed by atoms with Crippen molar-refractivity contribution >= 4 is 5.97 Å². The van der Waals surface area contributed by atoms with Crippen molar-refractivity contribution in [3.05, 3.63) is 11.6 Å². The third-order valence-electron chi connectivity index (χ3n) is 9.30. The van der Waals surface area contributed by atoms with Gasteiger partial charge in [0.05, 0.1) is 6.07 Å². The van der Waals surface area contributed by atoms with Gasteiger partial charge in [-0.2, -0.15) is 5.26 Å². The van der Waals surface area contributed by atoms with Crippen LogP contribution in [0.2, 0.25) is 0 Å². The molecule has 0 heterocycles. The number of carbonyl (C=O) groups is 1. The molecule has 4 nitrogen and oxygen atoms in total. The highest BCUT2D eigenvalue weighted by atomic mass is 16.5. The van der Waals surface area contributed by atoms with Gasteiger partial charge in [0, 0.05) is 19.3 Å². The normalized spacial score (nSPS) is 46.9. The number of allylic oxidation sites excluding steroid dienone is 1. The first-order chi connectivity index (χ1) is 13.1. The van der Waals surface area contributed by atoms with E-state index in [1.54, 1.807) is 6.92 Å². The van der Waals surface area contributed by atoms with Gasteiger partial charge in [0.2, 0.25) is 0 Å². The number of hydrogen-bond donors (Lipinski definition) is 1. The molecule has 3 saturated carbocycles. The van der Waals surface area contributed by atoms with Gasteiger partial charge in [0.1, 0.15) is 6.10 Å². The lowest BCUT2D eigenvalue weighted by Crippen LogP contribution is -2.52. The van der Waals surface area contributed by atoms with Gasteiger partial charge in [0.25, 0.3) is 0 Å². The van der Waals surface area contributed by atoms with Crippen LogP contribution in [0.5, 0.6) is 0 Å². The molecule has 0 spiro atoms. The lowest BCUT2D eigenvalue weighted by Gasteiger charge is -2.58. The number of ether oxygens (including phenoxy) is 1. The van der Waals surface area contributed by atoms with Gasteiger partial charge in [-0.1, -0.05) is 25.5 Å². The Morgan fingerprint density at radius 3 is 2.68 bits per heavy atom. The van der Waals surface area contributed by atoms with Crippen molar-refractivity contribution in [1.29, 1.82) is 5.26 Å². The van der Waals surface area contributed by atoms with E-state index in [4.69, 9.17) is 4.74 Å². The lowest BCUT2D eigenvalue weighted by molar-refractivity contribution is -0.149. The summed E-state index contributed by atoms with van der Waals surface area (Å²) in [6, 6.07) is 2.19. The minimum Gasteiger partial charge on any atom is -0.462 e. The molecule has 4 unspecified atom stereocenters. The Kier molecular flexibility index (Phi) is 4.70. The number of esters is 1. The van der Waals surface area contributed by atoms with E-state index in [0.29, 0.717) is 17.8 Å². The van der Waals surface area contributed by atoms with Crippen molar-refractivity contribution in [3.8, 4) is 6.07 Å². The molecule has 154 valence electrons. The number of carbonyl (C=O) groups excluding carboxylic acids is 1. The van der Waals surface area contributed by atoms with Gasteiger partial charge in [-0.05, 0) is 80.5 Å². The molecule has 0 aromatic heterocycles. The Bertz CT molecular complexity index is 735. The molecule has 0 aliphatic heterocycles. The van der Waals surface area contributed by atoms with Gasteiger partial charge in [-0.25, -0.2) is 0 Å². The third kappa shape index (κ3) is 2.84. The van der Waals surface area contributed by atoms with Crippen molar-refractivity contribution in [2.24, 2.45) is 34.5 Å². The first-order valence-electron chi connectivity index (χ1n) is 11.1. The molecule has 0 saturated heterocycles. The zero-order valence-corrected chi connectivity index (χ0v) is 17.8. The summed E-state index contributed by atoms with van der Waals surface area (Å²) in [7, 11) is 0. The van der Waals surface area contributed by atoms with E-state index >= 15 is 0 Å². The lowest BCUT2D eigenvalue weighted by atomic mass is 9.47. The van der Waals surface area contributed by atoms with E-state index in [2.05, 4.69) is 26.0 Å². The molecule has 1 N–H and O–H groups in total. The van der Waals surface area contributed by atoms with E-state index in [1.165, 1.54) is 18.9 Å². The number of nitriles is 1. The van der Waals surface area contributed by atoms with Crippen molar-refractivity contribution in [3.63, 3.8) is 0 Å². The van der Waals surface area contributed by atoms with Crippen molar-refractivity contribution in [2.45, 2.75) is 90.8 Å². The summed E-state index contributed by atoms with van der Waals surface area (Å²) in [5.41, 5.74) is 0.569. The summed E-state index contributed by atoms with van der Waals surface area (Å²) >= 11 is 0. The summed E-state index contributed by atoms with van der Waals surface area (Å²) in [5, 5.41) is 20.3. The Morgan fingerprint density at radius 2 is 2.00 bits per heavy atom. The third-order valence-corrected chi connectivity index (χ3v) is 9.30. The second kappa shape index (κ2) is 6.59. The van der Waals surface area contributed by atoms with Crippen LogP contribution in [0, 0.1) is 45.8 Å². The Labute approximate surface area is 169 Å². The van der Waals surface area contributed by atoms with Crippen molar-refractivity contribution < 1.29 is 14.6 Å². The summed E-state index contributed by atoms with van der Waals surface area (Å²) in [6.45, 7) is 8.01. The fraction of sp³-hybridized carbons (Fsp3) is 0.833. The molecule has 0 radical (unpaired) electrons. The van der Waals surface area contributed by atoms with Crippen molar-refractivity contribution in [1.82, 2.24) is 0 Å². The molecule has 0 bridgehead atoms. The summed E-state index contributed by atoms with van der Waals surface area (Å²) in [6.07, 6.45) is 10.9. The van der Waals surface area contributed by atoms with E-state index in [-0.39, 0.29) is 28.8 Å². The highest BCUT2D eigenvalue weighted by molar-refractivity contribution is 5.66. The largest absolute Gasteiger partial charge is 0.462 e. The summed E-state index contributed by atoms with van der Waals surface area (Å²) in [5.74, 6) is 1.83. The maximum absolute atomic E-state index is 11.4. The zero-order chi connectivity index (χ0) is 20.3. The van der Waals surface area contributed by atoms with E-state index in [0.717, 1.165) is 44.9 Å². The molecular formula is C24H35NO3. The monoisotopic (exact) mass is 385 g/mol. The van der Waals surface area contributed by atoms with Crippen molar-refractivity contribution in [2.75, 3.05) is 0 Å². The maximum Gasteiger partial charge on any atom is 0.302 e.